The topological polar surface area (TPSA) is 108 Å². The summed E-state index contributed by atoms with van der Waals surface area (Å²) >= 11 is 0. The first-order valence-electron chi connectivity index (χ1n) is 6.03. The highest BCUT2D eigenvalue weighted by atomic mass is 16.6. The fourth-order valence-electron chi connectivity index (χ4n) is 2.02. The Labute approximate surface area is 108 Å². The van der Waals surface area contributed by atoms with Gasteiger partial charge >= 0.3 is 0 Å². The highest BCUT2D eigenvalue weighted by Crippen LogP contribution is 2.36. The van der Waals surface area contributed by atoms with Gasteiger partial charge in [0.25, 0.3) is 11.6 Å². The molecule has 2 N–H and O–H groups in total. The maximum absolute atomic E-state index is 10.8. The number of hydrogen-bond acceptors (Lipinski definition) is 6. The van der Waals surface area contributed by atoms with Crippen molar-refractivity contribution in [1.82, 2.24) is 10.1 Å². The van der Waals surface area contributed by atoms with Crippen molar-refractivity contribution in [3.8, 4) is 11.5 Å². The smallest absolute Gasteiger partial charge is 0.270 e. The maximum atomic E-state index is 10.8. The first-order chi connectivity index (χ1) is 9.15. The van der Waals surface area contributed by atoms with Gasteiger partial charge in [-0.15, -0.1) is 0 Å². The first-order valence-corrected chi connectivity index (χ1v) is 6.03. The monoisotopic (exact) mass is 260 g/mol. The van der Waals surface area contributed by atoms with Crippen molar-refractivity contribution in [2.75, 3.05) is 5.73 Å². The molecule has 7 heteroatoms. The number of rotatable bonds is 3. The molecule has 1 aromatic carbocycles. The van der Waals surface area contributed by atoms with Crippen LogP contribution >= 0.6 is 0 Å². The van der Waals surface area contributed by atoms with Crippen LogP contribution in [0.3, 0.4) is 0 Å². The Balaban J connectivity index is 1.98. The van der Waals surface area contributed by atoms with Crippen LogP contribution in [0.1, 0.15) is 31.0 Å². The van der Waals surface area contributed by atoms with Crippen LogP contribution in [0.5, 0.6) is 0 Å². The number of nitrogens with two attached hydrogens (primary N) is 1. The second-order valence-corrected chi connectivity index (χ2v) is 4.61. The Hall–Kier alpha value is -2.44. The number of non-ortho nitro benzene ring substituents is 1. The summed E-state index contributed by atoms with van der Waals surface area (Å²) in [4.78, 5) is 14.6. The van der Waals surface area contributed by atoms with Crippen LogP contribution in [0.25, 0.3) is 11.5 Å². The Kier molecular flexibility index (Phi) is 2.66. The summed E-state index contributed by atoms with van der Waals surface area (Å²) in [6, 6.07) is 4.18. The van der Waals surface area contributed by atoms with Crippen LogP contribution in [0.15, 0.2) is 22.7 Å². The quantitative estimate of drug-likeness (QED) is 0.516. The van der Waals surface area contributed by atoms with Crippen molar-refractivity contribution in [2.45, 2.75) is 25.2 Å². The van der Waals surface area contributed by atoms with Gasteiger partial charge in [0.15, 0.2) is 5.82 Å². The normalized spacial score (nSPS) is 15.2. The van der Waals surface area contributed by atoms with Crippen LogP contribution in [0.2, 0.25) is 0 Å². The van der Waals surface area contributed by atoms with Crippen molar-refractivity contribution >= 4 is 11.4 Å². The van der Waals surface area contributed by atoms with E-state index in [-0.39, 0.29) is 11.6 Å². The van der Waals surface area contributed by atoms with E-state index in [1.807, 2.05) is 0 Å². The van der Waals surface area contributed by atoms with Crippen molar-refractivity contribution in [3.05, 3.63) is 34.1 Å². The number of benzene rings is 1. The number of nitrogens with zero attached hydrogens (tertiary/aromatic N) is 3. The third-order valence-corrected chi connectivity index (χ3v) is 3.39. The van der Waals surface area contributed by atoms with Gasteiger partial charge in [0.05, 0.1) is 10.5 Å². The van der Waals surface area contributed by atoms with E-state index in [1.54, 1.807) is 0 Å². The second kappa shape index (κ2) is 4.34. The molecule has 0 bridgehead atoms. The third-order valence-electron chi connectivity index (χ3n) is 3.39. The molecule has 3 rings (SSSR count). The lowest BCUT2D eigenvalue weighted by Crippen LogP contribution is -2.10. The number of aromatic nitrogens is 2. The fourth-order valence-corrected chi connectivity index (χ4v) is 2.02. The molecule has 0 saturated heterocycles. The molecule has 0 amide bonds. The molecule has 1 aliphatic carbocycles. The van der Waals surface area contributed by atoms with Gasteiger partial charge in [-0.25, -0.2) is 0 Å². The van der Waals surface area contributed by atoms with Crippen LogP contribution in [0.4, 0.5) is 11.4 Å². The van der Waals surface area contributed by atoms with Gasteiger partial charge in [0, 0.05) is 23.7 Å². The van der Waals surface area contributed by atoms with E-state index in [0.717, 1.165) is 12.8 Å². The number of anilines is 1. The molecule has 0 atom stereocenters. The number of nitro benzene ring substituents is 1. The molecule has 0 aliphatic heterocycles. The Morgan fingerprint density at radius 3 is 2.84 bits per heavy atom. The van der Waals surface area contributed by atoms with E-state index in [0.29, 0.717) is 23.0 Å². The Bertz CT molecular complexity index is 634. The van der Waals surface area contributed by atoms with Gasteiger partial charge in [0.2, 0.25) is 0 Å². The van der Waals surface area contributed by atoms with Gasteiger partial charge in [-0.3, -0.25) is 10.1 Å². The Morgan fingerprint density at radius 1 is 1.42 bits per heavy atom. The molecule has 2 aromatic rings. The third kappa shape index (κ3) is 2.03. The van der Waals surface area contributed by atoms with Crippen LogP contribution in [0, 0.1) is 10.1 Å². The predicted molar refractivity (Wildman–Crippen MR) is 67.4 cm³/mol. The Morgan fingerprint density at radius 2 is 2.21 bits per heavy atom. The maximum Gasteiger partial charge on any atom is 0.270 e. The van der Waals surface area contributed by atoms with Crippen LogP contribution in [-0.4, -0.2) is 15.1 Å². The lowest BCUT2D eigenvalue weighted by atomic mass is 9.85. The van der Waals surface area contributed by atoms with Gasteiger partial charge < -0.3 is 10.3 Å². The summed E-state index contributed by atoms with van der Waals surface area (Å²) in [6.45, 7) is 0. The average molecular weight is 260 g/mol. The van der Waals surface area contributed by atoms with E-state index in [9.17, 15) is 10.1 Å². The largest absolute Gasteiger partial charge is 0.398 e. The molecule has 0 unspecified atom stereocenters. The van der Waals surface area contributed by atoms with Crippen LogP contribution in [-0.2, 0) is 0 Å². The first kappa shape index (κ1) is 11.6. The van der Waals surface area contributed by atoms with Crippen molar-refractivity contribution in [1.29, 1.82) is 0 Å². The minimum atomic E-state index is -0.480. The zero-order valence-electron chi connectivity index (χ0n) is 10.1. The second-order valence-electron chi connectivity index (χ2n) is 4.61. The number of hydrogen-bond donors (Lipinski definition) is 1. The summed E-state index contributed by atoms with van der Waals surface area (Å²) in [6.07, 6.45) is 3.29. The molecular weight excluding hydrogens is 248 g/mol. The molecule has 1 heterocycles. The van der Waals surface area contributed by atoms with Crippen molar-refractivity contribution in [2.24, 2.45) is 0 Å². The van der Waals surface area contributed by atoms with E-state index < -0.39 is 4.92 Å². The molecule has 1 saturated carbocycles. The van der Waals surface area contributed by atoms with Crippen molar-refractivity contribution < 1.29 is 9.45 Å². The average Bonchev–Trinajstić information content (AvgIpc) is 2.76. The molecular formula is C12H12N4O3. The molecule has 98 valence electrons. The van der Waals surface area contributed by atoms with E-state index in [1.165, 1.54) is 24.6 Å². The summed E-state index contributed by atoms with van der Waals surface area (Å²) in [5.41, 5.74) is 6.55. The minimum Gasteiger partial charge on any atom is -0.398 e. The number of nitrogen functional groups attached to an aromatic ring is 1. The summed E-state index contributed by atoms with van der Waals surface area (Å²) in [5, 5.41) is 14.7. The van der Waals surface area contributed by atoms with Gasteiger partial charge in [-0.2, -0.15) is 4.98 Å². The summed E-state index contributed by atoms with van der Waals surface area (Å²) in [5.74, 6) is 1.24. The zero-order chi connectivity index (χ0) is 13.4. The van der Waals surface area contributed by atoms with E-state index >= 15 is 0 Å². The van der Waals surface area contributed by atoms with Gasteiger partial charge in [-0.1, -0.05) is 11.6 Å². The SMILES string of the molecule is Nc1ccc([N+](=O)[O-])cc1-c1nc(C2CCC2)no1. The number of nitro groups is 1. The molecule has 0 radical (unpaired) electrons. The minimum absolute atomic E-state index is 0.0485. The molecule has 1 aliphatic rings. The molecule has 0 spiro atoms. The fraction of sp³-hybridized carbons (Fsp3) is 0.333. The lowest BCUT2D eigenvalue weighted by molar-refractivity contribution is -0.384. The molecule has 1 aromatic heterocycles. The lowest BCUT2D eigenvalue weighted by Gasteiger charge is -2.20. The molecule has 7 nitrogen and oxygen atoms in total. The summed E-state index contributed by atoms with van der Waals surface area (Å²) < 4.78 is 5.16. The summed E-state index contributed by atoms with van der Waals surface area (Å²) in [7, 11) is 0. The standard InChI is InChI=1S/C12H12N4O3/c13-10-5-4-8(16(17)18)6-9(10)12-14-11(15-19-12)7-2-1-3-7/h4-7H,1-3,13H2. The highest BCUT2D eigenvalue weighted by molar-refractivity contribution is 5.73. The van der Waals surface area contributed by atoms with Crippen molar-refractivity contribution in [3.63, 3.8) is 0 Å². The van der Waals surface area contributed by atoms with E-state index in [2.05, 4.69) is 10.1 Å². The molecule has 1 fully saturated rings. The van der Waals surface area contributed by atoms with Gasteiger partial charge in [0.1, 0.15) is 0 Å². The van der Waals surface area contributed by atoms with Crippen LogP contribution < -0.4 is 5.73 Å². The molecule has 19 heavy (non-hydrogen) atoms. The van der Waals surface area contributed by atoms with Gasteiger partial charge in [-0.05, 0) is 18.9 Å². The zero-order valence-corrected chi connectivity index (χ0v) is 10.1. The highest BCUT2D eigenvalue weighted by Gasteiger charge is 2.25. The predicted octanol–water partition coefficient (Wildman–Crippen LogP) is 2.49. The van der Waals surface area contributed by atoms with E-state index in [4.69, 9.17) is 10.3 Å².